The molecule has 5 nitrogen and oxygen atoms in total. The number of amides is 2. The summed E-state index contributed by atoms with van der Waals surface area (Å²) in [4.78, 5) is 11.9. The van der Waals surface area contributed by atoms with Crippen molar-refractivity contribution in [1.29, 1.82) is 0 Å². The molecule has 2 unspecified atom stereocenters. The molecular weight excluding hydrogens is 286 g/mol. The lowest BCUT2D eigenvalue weighted by molar-refractivity contribution is 0.204. The molecule has 6 heteroatoms. The lowest BCUT2D eigenvalue weighted by atomic mass is 10.1. The van der Waals surface area contributed by atoms with Gasteiger partial charge in [0.05, 0.1) is 5.69 Å². The van der Waals surface area contributed by atoms with Crippen LogP contribution in [-0.2, 0) is 0 Å². The van der Waals surface area contributed by atoms with Gasteiger partial charge in [-0.1, -0.05) is 37.3 Å². The van der Waals surface area contributed by atoms with Gasteiger partial charge in [-0.3, -0.25) is 5.32 Å². The first-order valence-electron chi connectivity index (χ1n) is 6.80. The van der Waals surface area contributed by atoms with Gasteiger partial charge in [-0.2, -0.15) is 4.37 Å². The van der Waals surface area contributed by atoms with Gasteiger partial charge in [-0.15, -0.1) is 0 Å². The smallest absolute Gasteiger partial charge is 0.320 e. The van der Waals surface area contributed by atoms with E-state index in [1.54, 1.807) is 0 Å². The topological polar surface area (TPSA) is 74.2 Å². The van der Waals surface area contributed by atoms with Crippen LogP contribution < -0.4 is 10.6 Å². The van der Waals surface area contributed by atoms with Crippen LogP contribution in [0.3, 0.4) is 0 Å². The second-order valence-electron chi connectivity index (χ2n) is 4.99. The average Bonchev–Trinajstić information content (AvgIpc) is 2.95. The maximum Gasteiger partial charge on any atom is 0.320 e. The van der Waals surface area contributed by atoms with E-state index in [1.165, 1.54) is 11.5 Å². The molecule has 2 aromatic rings. The van der Waals surface area contributed by atoms with E-state index in [2.05, 4.69) is 15.0 Å². The molecule has 2 atom stereocenters. The van der Waals surface area contributed by atoms with Crippen molar-refractivity contribution in [2.45, 2.75) is 19.9 Å². The third kappa shape index (κ3) is 4.27. The summed E-state index contributed by atoms with van der Waals surface area (Å²) in [6.07, 6.45) is 0. The largest absolute Gasteiger partial charge is 0.396 e. The van der Waals surface area contributed by atoms with Crippen LogP contribution in [0.25, 0.3) is 11.3 Å². The first-order chi connectivity index (χ1) is 10.1. The van der Waals surface area contributed by atoms with E-state index in [9.17, 15) is 4.79 Å². The Morgan fingerprint density at radius 1 is 1.33 bits per heavy atom. The quantitative estimate of drug-likeness (QED) is 0.795. The number of rotatable bonds is 5. The first-order valence-corrected chi connectivity index (χ1v) is 7.58. The van der Waals surface area contributed by atoms with E-state index in [4.69, 9.17) is 5.11 Å². The van der Waals surface area contributed by atoms with Crippen molar-refractivity contribution in [3.63, 3.8) is 0 Å². The number of nitrogens with one attached hydrogen (secondary N) is 2. The number of anilines is 1. The zero-order valence-electron chi connectivity index (χ0n) is 12.0. The predicted molar refractivity (Wildman–Crippen MR) is 85.4 cm³/mol. The summed E-state index contributed by atoms with van der Waals surface area (Å²) in [5.74, 6) is 0.0112. The summed E-state index contributed by atoms with van der Waals surface area (Å²) in [7, 11) is 0. The molecule has 2 rings (SSSR count). The summed E-state index contributed by atoms with van der Waals surface area (Å²) in [5, 5.41) is 15.3. The molecular formula is C15H19N3O2S. The van der Waals surface area contributed by atoms with Crippen molar-refractivity contribution in [3.05, 3.63) is 36.4 Å². The van der Waals surface area contributed by atoms with E-state index in [1.807, 2.05) is 50.2 Å². The van der Waals surface area contributed by atoms with Gasteiger partial charge >= 0.3 is 6.03 Å². The molecule has 0 aliphatic rings. The molecule has 0 aliphatic heterocycles. The maximum absolute atomic E-state index is 11.9. The third-order valence-corrected chi connectivity index (χ3v) is 4.02. The Labute approximate surface area is 128 Å². The van der Waals surface area contributed by atoms with Crippen LogP contribution in [0.1, 0.15) is 13.8 Å². The van der Waals surface area contributed by atoms with E-state index in [0.29, 0.717) is 5.00 Å². The Kier molecular flexibility index (Phi) is 5.30. The number of benzene rings is 1. The summed E-state index contributed by atoms with van der Waals surface area (Å²) in [6, 6.07) is 11.3. The Bertz CT molecular complexity index is 586. The number of aliphatic hydroxyl groups excluding tert-OH is 1. The number of hydrogen-bond acceptors (Lipinski definition) is 4. The SMILES string of the molecule is CC(CO)C(C)NC(=O)Nc1cc(-c2ccccc2)ns1. The fourth-order valence-corrected chi connectivity index (χ4v) is 2.39. The summed E-state index contributed by atoms with van der Waals surface area (Å²) >= 11 is 1.24. The molecule has 2 amide bonds. The maximum atomic E-state index is 11.9. The van der Waals surface area contributed by atoms with Crippen molar-refractivity contribution in [2.24, 2.45) is 5.92 Å². The van der Waals surface area contributed by atoms with Gasteiger partial charge in [0.25, 0.3) is 0 Å². The van der Waals surface area contributed by atoms with Gasteiger partial charge in [0.15, 0.2) is 0 Å². The molecule has 0 aliphatic carbocycles. The highest BCUT2D eigenvalue weighted by molar-refractivity contribution is 7.10. The molecule has 0 saturated heterocycles. The number of aromatic nitrogens is 1. The fourth-order valence-electron chi connectivity index (χ4n) is 1.73. The minimum atomic E-state index is -0.286. The number of hydrogen-bond donors (Lipinski definition) is 3. The second-order valence-corrected chi connectivity index (χ2v) is 5.79. The normalized spacial score (nSPS) is 13.5. The van der Waals surface area contributed by atoms with Gasteiger partial charge in [0.1, 0.15) is 5.00 Å². The molecule has 0 bridgehead atoms. The minimum Gasteiger partial charge on any atom is -0.396 e. The van der Waals surface area contributed by atoms with Crippen LogP contribution in [-0.4, -0.2) is 28.2 Å². The Hall–Kier alpha value is -1.92. The molecule has 1 heterocycles. The third-order valence-electron chi connectivity index (χ3n) is 3.32. The van der Waals surface area contributed by atoms with Gasteiger partial charge in [-0.25, -0.2) is 4.79 Å². The lowest BCUT2D eigenvalue weighted by Crippen LogP contribution is -2.40. The van der Waals surface area contributed by atoms with E-state index >= 15 is 0 Å². The molecule has 0 saturated carbocycles. The lowest BCUT2D eigenvalue weighted by Gasteiger charge is -2.19. The number of aliphatic hydroxyl groups is 1. The monoisotopic (exact) mass is 305 g/mol. The Morgan fingerprint density at radius 3 is 2.71 bits per heavy atom. The number of urea groups is 1. The Balaban J connectivity index is 1.95. The van der Waals surface area contributed by atoms with Crippen molar-refractivity contribution >= 4 is 22.6 Å². The van der Waals surface area contributed by atoms with Gasteiger partial charge < -0.3 is 10.4 Å². The number of nitrogens with zero attached hydrogens (tertiary/aromatic N) is 1. The number of carbonyl (C=O) groups excluding carboxylic acids is 1. The van der Waals surface area contributed by atoms with Crippen LogP contribution in [0, 0.1) is 5.92 Å². The van der Waals surface area contributed by atoms with Crippen LogP contribution in [0.2, 0.25) is 0 Å². The summed E-state index contributed by atoms with van der Waals surface area (Å²) < 4.78 is 4.33. The van der Waals surface area contributed by atoms with Crippen LogP contribution in [0.4, 0.5) is 9.80 Å². The second kappa shape index (κ2) is 7.19. The molecule has 0 radical (unpaired) electrons. The molecule has 112 valence electrons. The highest BCUT2D eigenvalue weighted by Gasteiger charge is 2.14. The van der Waals surface area contributed by atoms with Gasteiger partial charge in [0, 0.05) is 24.3 Å². The van der Waals surface area contributed by atoms with Crippen molar-refractivity contribution in [2.75, 3.05) is 11.9 Å². The number of carbonyl (C=O) groups is 1. The van der Waals surface area contributed by atoms with Crippen molar-refractivity contribution in [3.8, 4) is 11.3 Å². The molecule has 3 N–H and O–H groups in total. The first kappa shape index (κ1) is 15.5. The molecule has 21 heavy (non-hydrogen) atoms. The minimum absolute atomic E-state index is 0.0112. The molecule has 0 spiro atoms. The zero-order chi connectivity index (χ0) is 15.2. The van der Waals surface area contributed by atoms with Gasteiger partial charge in [-0.05, 0) is 24.4 Å². The molecule has 1 aromatic carbocycles. The standard InChI is InChI=1S/C15H19N3O2S/c1-10(9-19)11(2)16-15(20)17-14-8-13(18-21-14)12-6-4-3-5-7-12/h3-8,10-11,19H,9H2,1-2H3,(H2,16,17,20). The van der Waals surface area contributed by atoms with Crippen LogP contribution >= 0.6 is 11.5 Å². The predicted octanol–water partition coefficient (Wildman–Crippen LogP) is 2.95. The summed E-state index contributed by atoms with van der Waals surface area (Å²) in [6.45, 7) is 3.79. The highest BCUT2D eigenvalue weighted by Crippen LogP contribution is 2.24. The van der Waals surface area contributed by atoms with Crippen LogP contribution in [0.5, 0.6) is 0 Å². The van der Waals surface area contributed by atoms with Crippen molar-refractivity contribution < 1.29 is 9.90 Å². The molecule has 1 aromatic heterocycles. The van der Waals surface area contributed by atoms with Crippen molar-refractivity contribution in [1.82, 2.24) is 9.69 Å². The fraction of sp³-hybridized carbons (Fsp3) is 0.333. The van der Waals surface area contributed by atoms with Gasteiger partial charge in [0.2, 0.25) is 0 Å². The Morgan fingerprint density at radius 2 is 2.05 bits per heavy atom. The highest BCUT2D eigenvalue weighted by atomic mass is 32.1. The average molecular weight is 305 g/mol. The molecule has 0 fully saturated rings. The van der Waals surface area contributed by atoms with Crippen LogP contribution in [0.15, 0.2) is 36.4 Å². The zero-order valence-corrected chi connectivity index (χ0v) is 12.9. The van der Waals surface area contributed by atoms with E-state index in [-0.39, 0.29) is 24.6 Å². The van der Waals surface area contributed by atoms with E-state index in [0.717, 1.165) is 11.3 Å². The summed E-state index contributed by atoms with van der Waals surface area (Å²) in [5.41, 5.74) is 1.86. The van der Waals surface area contributed by atoms with E-state index < -0.39 is 0 Å².